The number of hydrogen-bond donors (Lipinski definition) is 2. The molecule has 1 aromatic carbocycles. The third-order valence-electron chi connectivity index (χ3n) is 4.63. The number of aryl methyl sites for hydroxylation is 1. The lowest BCUT2D eigenvalue weighted by molar-refractivity contribution is -0.119. The van der Waals surface area contributed by atoms with Crippen molar-refractivity contribution in [2.75, 3.05) is 17.7 Å². The van der Waals surface area contributed by atoms with Crippen molar-refractivity contribution in [1.82, 2.24) is 9.78 Å². The van der Waals surface area contributed by atoms with Gasteiger partial charge in [-0.05, 0) is 31.0 Å². The first-order chi connectivity index (χ1) is 13.0. The second-order valence-electron chi connectivity index (χ2n) is 6.54. The number of aromatic nitrogens is 2. The SMILES string of the molecule is COC(=O)c1cccc(NC(=O)c2cc(NC(=O)C3CCCC3)n(C)n2)c1. The van der Waals surface area contributed by atoms with Gasteiger partial charge < -0.3 is 15.4 Å². The number of rotatable bonds is 5. The van der Waals surface area contributed by atoms with Crippen molar-refractivity contribution in [3.05, 3.63) is 41.6 Å². The van der Waals surface area contributed by atoms with E-state index in [1.54, 1.807) is 25.2 Å². The van der Waals surface area contributed by atoms with Crippen LogP contribution in [-0.2, 0) is 16.6 Å². The average Bonchev–Trinajstić information content (AvgIpc) is 3.32. The Morgan fingerprint density at radius 2 is 1.89 bits per heavy atom. The van der Waals surface area contributed by atoms with Crippen molar-refractivity contribution < 1.29 is 19.1 Å². The van der Waals surface area contributed by atoms with Crippen LogP contribution < -0.4 is 10.6 Å². The summed E-state index contributed by atoms with van der Waals surface area (Å²) in [5.74, 6) is -0.457. The fourth-order valence-electron chi connectivity index (χ4n) is 3.15. The molecule has 3 rings (SSSR count). The Bertz CT molecular complexity index is 868. The maximum absolute atomic E-state index is 12.5. The van der Waals surface area contributed by atoms with Crippen molar-refractivity contribution in [1.29, 1.82) is 0 Å². The van der Waals surface area contributed by atoms with Crippen molar-refractivity contribution >= 4 is 29.3 Å². The van der Waals surface area contributed by atoms with Crippen LogP contribution in [0.15, 0.2) is 30.3 Å². The quantitative estimate of drug-likeness (QED) is 0.788. The molecule has 1 aromatic heterocycles. The van der Waals surface area contributed by atoms with E-state index in [2.05, 4.69) is 20.5 Å². The smallest absolute Gasteiger partial charge is 0.337 e. The Morgan fingerprint density at radius 1 is 1.15 bits per heavy atom. The third-order valence-corrected chi connectivity index (χ3v) is 4.63. The van der Waals surface area contributed by atoms with Crippen LogP contribution in [0.1, 0.15) is 46.5 Å². The van der Waals surface area contributed by atoms with Crippen molar-refractivity contribution in [3.63, 3.8) is 0 Å². The van der Waals surface area contributed by atoms with Gasteiger partial charge in [0.15, 0.2) is 5.69 Å². The van der Waals surface area contributed by atoms with E-state index in [4.69, 9.17) is 0 Å². The van der Waals surface area contributed by atoms with Crippen LogP contribution in [0.25, 0.3) is 0 Å². The summed E-state index contributed by atoms with van der Waals surface area (Å²) in [6.45, 7) is 0. The first-order valence-electron chi connectivity index (χ1n) is 8.82. The highest BCUT2D eigenvalue weighted by Gasteiger charge is 2.24. The molecule has 0 unspecified atom stereocenters. The number of ether oxygens (including phenoxy) is 1. The Hall–Kier alpha value is -3.16. The highest BCUT2D eigenvalue weighted by Crippen LogP contribution is 2.26. The van der Waals surface area contributed by atoms with Crippen LogP contribution in [0.4, 0.5) is 11.5 Å². The summed E-state index contributed by atoms with van der Waals surface area (Å²) in [6.07, 6.45) is 3.94. The lowest BCUT2D eigenvalue weighted by atomic mass is 10.1. The molecule has 2 amide bonds. The van der Waals surface area contributed by atoms with E-state index in [0.717, 1.165) is 25.7 Å². The Balaban J connectivity index is 1.69. The molecule has 0 radical (unpaired) electrons. The summed E-state index contributed by atoms with van der Waals surface area (Å²) in [5.41, 5.74) is 0.952. The molecule has 8 nitrogen and oxygen atoms in total. The van der Waals surface area contributed by atoms with Gasteiger partial charge in [0.1, 0.15) is 5.82 Å². The zero-order valence-electron chi connectivity index (χ0n) is 15.3. The number of carbonyl (C=O) groups is 3. The standard InChI is InChI=1S/C19H22N4O4/c1-23-16(21-17(24)12-6-3-4-7-12)11-15(22-23)18(25)20-14-9-5-8-13(10-14)19(26)27-2/h5,8-12H,3-4,6-7H2,1-2H3,(H,20,25)(H,21,24). The predicted octanol–water partition coefficient (Wildman–Crippen LogP) is 2.59. The molecule has 0 aliphatic heterocycles. The first-order valence-corrected chi connectivity index (χ1v) is 8.82. The number of hydrogen-bond acceptors (Lipinski definition) is 5. The third kappa shape index (κ3) is 4.33. The first kappa shape index (κ1) is 18.6. The second kappa shape index (κ2) is 8.03. The van der Waals surface area contributed by atoms with Gasteiger partial charge >= 0.3 is 5.97 Å². The van der Waals surface area contributed by atoms with E-state index in [1.807, 2.05) is 0 Å². The monoisotopic (exact) mass is 370 g/mol. The zero-order chi connectivity index (χ0) is 19.4. The van der Waals surface area contributed by atoms with Crippen LogP contribution in [0, 0.1) is 5.92 Å². The van der Waals surface area contributed by atoms with Gasteiger partial charge in [-0.15, -0.1) is 0 Å². The molecular weight excluding hydrogens is 348 g/mol. The van der Waals surface area contributed by atoms with Gasteiger partial charge in [0, 0.05) is 24.7 Å². The van der Waals surface area contributed by atoms with Gasteiger partial charge in [0.25, 0.3) is 5.91 Å². The van der Waals surface area contributed by atoms with Gasteiger partial charge in [-0.25, -0.2) is 4.79 Å². The van der Waals surface area contributed by atoms with Crippen molar-refractivity contribution in [3.8, 4) is 0 Å². The predicted molar refractivity (Wildman–Crippen MR) is 99.5 cm³/mol. The minimum absolute atomic E-state index is 0.0261. The van der Waals surface area contributed by atoms with Crippen molar-refractivity contribution in [2.45, 2.75) is 25.7 Å². The minimum Gasteiger partial charge on any atom is -0.465 e. The van der Waals surface area contributed by atoms with E-state index in [1.165, 1.54) is 23.9 Å². The van der Waals surface area contributed by atoms with E-state index in [9.17, 15) is 14.4 Å². The summed E-state index contributed by atoms with van der Waals surface area (Å²) in [6, 6.07) is 7.96. The summed E-state index contributed by atoms with van der Waals surface area (Å²) >= 11 is 0. The number of nitrogens with one attached hydrogen (secondary N) is 2. The molecule has 1 aliphatic rings. The number of carbonyl (C=O) groups excluding carboxylic acids is 3. The number of anilines is 2. The van der Waals surface area contributed by atoms with E-state index in [0.29, 0.717) is 17.1 Å². The highest BCUT2D eigenvalue weighted by atomic mass is 16.5. The summed E-state index contributed by atoms with van der Waals surface area (Å²) in [5, 5.41) is 9.69. The molecule has 0 bridgehead atoms. The lowest BCUT2D eigenvalue weighted by Gasteiger charge is -2.09. The summed E-state index contributed by atoms with van der Waals surface area (Å²) in [7, 11) is 2.96. The molecule has 2 N–H and O–H groups in total. The highest BCUT2D eigenvalue weighted by molar-refractivity contribution is 6.04. The molecule has 1 fully saturated rings. The molecule has 2 aromatic rings. The Kier molecular flexibility index (Phi) is 5.54. The summed E-state index contributed by atoms with van der Waals surface area (Å²) < 4.78 is 6.14. The molecule has 1 aliphatic carbocycles. The van der Waals surface area contributed by atoms with Gasteiger partial charge in [0.2, 0.25) is 5.91 Å². The fraction of sp³-hybridized carbons (Fsp3) is 0.368. The van der Waals surface area contributed by atoms with Crippen LogP contribution in [-0.4, -0.2) is 34.7 Å². The molecule has 0 spiro atoms. The normalized spacial score (nSPS) is 14.0. The lowest BCUT2D eigenvalue weighted by Crippen LogP contribution is -2.21. The molecule has 8 heteroatoms. The molecule has 1 heterocycles. The summed E-state index contributed by atoms with van der Waals surface area (Å²) in [4.78, 5) is 36.3. The Morgan fingerprint density at radius 3 is 2.59 bits per heavy atom. The number of esters is 1. The van der Waals surface area contributed by atoms with E-state index in [-0.39, 0.29) is 17.5 Å². The van der Waals surface area contributed by atoms with Crippen LogP contribution in [0.5, 0.6) is 0 Å². The number of nitrogens with zero attached hydrogens (tertiary/aromatic N) is 2. The number of benzene rings is 1. The molecule has 27 heavy (non-hydrogen) atoms. The number of methoxy groups -OCH3 is 1. The maximum atomic E-state index is 12.5. The topological polar surface area (TPSA) is 102 Å². The van der Waals surface area contributed by atoms with Gasteiger partial charge in [-0.1, -0.05) is 18.9 Å². The molecule has 142 valence electrons. The minimum atomic E-state index is -0.485. The second-order valence-corrected chi connectivity index (χ2v) is 6.54. The van der Waals surface area contributed by atoms with E-state index >= 15 is 0 Å². The molecule has 1 saturated carbocycles. The van der Waals surface area contributed by atoms with Gasteiger partial charge in [-0.3, -0.25) is 14.3 Å². The van der Waals surface area contributed by atoms with Crippen LogP contribution >= 0.6 is 0 Å². The Labute approximate surface area is 156 Å². The number of amides is 2. The fourth-order valence-corrected chi connectivity index (χ4v) is 3.15. The van der Waals surface area contributed by atoms with Gasteiger partial charge in [-0.2, -0.15) is 5.10 Å². The maximum Gasteiger partial charge on any atom is 0.337 e. The van der Waals surface area contributed by atoms with Crippen LogP contribution in [0.3, 0.4) is 0 Å². The zero-order valence-corrected chi connectivity index (χ0v) is 15.3. The van der Waals surface area contributed by atoms with Gasteiger partial charge in [0.05, 0.1) is 12.7 Å². The largest absolute Gasteiger partial charge is 0.465 e. The molecule has 0 atom stereocenters. The molecular formula is C19H22N4O4. The average molecular weight is 370 g/mol. The van der Waals surface area contributed by atoms with E-state index < -0.39 is 11.9 Å². The molecule has 0 saturated heterocycles. The van der Waals surface area contributed by atoms with Crippen molar-refractivity contribution in [2.24, 2.45) is 13.0 Å². The van der Waals surface area contributed by atoms with Crippen LogP contribution in [0.2, 0.25) is 0 Å².